The van der Waals surface area contributed by atoms with Crippen molar-refractivity contribution in [3.63, 3.8) is 0 Å². The third-order valence-electron chi connectivity index (χ3n) is 4.14. The average molecular weight is 380 g/mol. The molecule has 134 valence electrons. The van der Waals surface area contributed by atoms with Crippen molar-refractivity contribution in [2.24, 2.45) is 0 Å². The van der Waals surface area contributed by atoms with Gasteiger partial charge in [-0.3, -0.25) is 14.2 Å². The van der Waals surface area contributed by atoms with Crippen LogP contribution < -0.4 is 10.9 Å². The van der Waals surface area contributed by atoms with Gasteiger partial charge in [0.05, 0.1) is 5.56 Å². The Kier molecular flexibility index (Phi) is 4.25. The molecule has 2 aromatic carbocycles. The predicted octanol–water partition coefficient (Wildman–Crippen LogP) is 4.19. The molecular weight excluding hydrogens is 366 g/mol. The van der Waals surface area contributed by atoms with Gasteiger partial charge in [0.15, 0.2) is 5.82 Å². The lowest BCUT2D eigenvalue weighted by molar-refractivity contribution is 0.102. The largest absolute Gasteiger partial charge is 0.360 e. The van der Waals surface area contributed by atoms with Gasteiger partial charge in [-0.1, -0.05) is 35.0 Å². The highest BCUT2D eigenvalue weighted by atomic mass is 35.5. The van der Waals surface area contributed by atoms with E-state index in [9.17, 15) is 9.59 Å². The second-order valence-electron chi connectivity index (χ2n) is 6.02. The third-order valence-corrected chi connectivity index (χ3v) is 4.40. The van der Waals surface area contributed by atoms with Crippen LogP contribution in [-0.2, 0) is 0 Å². The lowest BCUT2D eigenvalue weighted by Gasteiger charge is -2.12. The zero-order valence-corrected chi connectivity index (χ0v) is 15.0. The summed E-state index contributed by atoms with van der Waals surface area (Å²) < 4.78 is 6.41. The number of benzene rings is 2. The van der Waals surface area contributed by atoms with Crippen LogP contribution in [0.25, 0.3) is 16.5 Å². The van der Waals surface area contributed by atoms with Gasteiger partial charge in [0, 0.05) is 33.7 Å². The number of aromatic nitrogens is 2. The van der Waals surface area contributed by atoms with Crippen molar-refractivity contribution in [2.75, 3.05) is 5.32 Å². The van der Waals surface area contributed by atoms with Gasteiger partial charge in [-0.25, -0.2) is 0 Å². The molecule has 2 aromatic heterocycles. The fraction of sp³-hybridized carbons (Fsp3) is 0.0500. The quantitative estimate of drug-likeness (QED) is 0.579. The van der Waals surface area contributed by atoms with Crippen LogP contribution in [0.3, 0.4) is 0 Å². The Hall–Kier alpha value is -3.38. The maximum absolute atomic E-state index is 12.9. The van der Waals surface area contributed by atoms with Crippen LogP contribution in [0.4, 0.5) is 5.82 Å². The molecule has 0 unspecified atom stereocenters. The van der Waals surface area contributed by atoms with Gasteiger partial charge < -0.3 is 9.84 Å². The Morgan fingerprint density at radius 3 is 2.48 bits per heavy atom. The first-order valence-electron chi connectivity index (χ1n) is 8.18. The van der Waals surface area contributed by atoms with Crippen molar-refractivity contribution in [1.82, 2.24) is 9.72 Å². The van der Waals surface area contributed by atoms with Crippen molar-refractivity contribution < 1.29 is 9.32 Å². The highest BCUT2D eigenvalue weighted by molar-refractivity contribution is 6.30. The van der Waals surface area contributed by atoms with E-state index in [1.165, 1.54) is 10.8 Å². The molecule has 0 spiro atoms. The van der Waals surface area contributed by atoms with Gasteiger partial charge >= 0.3 is 0 Å². The van der Waals surface area contributed by atoms with E-state index in [1.807, 2.05) is 0 Å². The summed E-state index contributed by atoms with van der Waals surface area (Å²) in [6, 6.07) is 15.4. The van der Waals surface area contributed by atoms with Crippen LogP contribution >= 0.6 is 11.6 Å². The average Bonchev–Trinajstić information content (AvgIpc) is 3.08. The first kappa shape index (κ1) is 17.1. The standard InChI is InChI=1S/C20H14ClN3O3/c1-12-10-18(23-27-12)22-19(25)17-11-24(14-8-6-13(21)7-9-14)20(26)16-5-3-2-4-15(16)17/h2-11H,1H3,(H,22,23,25). The Morgan fingerprint density at radius 2 is 1.81 bits per heavy atom. The molecule has 0 radical (unpaired) electrons. The van der Waals surface area contributed by atoms with Gasteiger partial charge in [0.25, 0.3) is 11.5 Å². The summed E-state index contributed by atoms with van der Waals surface area (Å²) in [5, 5.41) is 8.04. The van der Waals surface area contributed by atoms with E-state index in [4.69, 9.17) is 16.1 Å². The van der Waals surface area contributed by atoms with Gasteiger partial charge in [-0.15, -0.1) is 0 Å². The number of hydrogen-bond donors (Lipinski definition) is 1. The van der Waals surface area contributed by atoms with Gasteiger partial charge in [0.2, 0.25) is 0 Å². The second kappa shape index (κ2) is 6.74. The number of halogens is 1. The van der Waals surface area contributed by atoms with E-state index in [1.54, 1.807) is 61.5 Å². The van der Waals surface area contributed by atoms with Crippen molar-refractivity contribution in [1.29, 1.82) is 0 Å². The molecule has 0 saturated carbocycles. The normalized spacial score (nSPS) is 10.9. The number of fused-ring (bicyclic) bond motifs is 1. The number of aryl methyl sites for hydroxylation is 1. The van der Waals surface area contributed by atoms with E-state index in [-0.39, 0.29) is 11.5 Å². The molecule has 6 nitrogen and oxygen atoms in total. The molecule has 0 aliphatic rings. The topological polar surface area (TPSA) is 77.1 Å². The fourth-order valence-corrected chi connectivity index (χ4v) is 3.00. The van der Waals surface area contributed by atoms with E-state index in [2.05, 4.69) is 10.5 Å². The molecule has 0 aliphatic heterocycles. The summed E-state index contributed by atoms with van der Waals surface area (Å²) in [5.74, 6) is 0.509. The summed E-state index contributed by atoms with van der Waals surface area (Å²) in [6.45, 7) is 1.73. The van der Waals surface area contributed by atoms with E-state index in [0.717, 1.165) is 0 Å². The minimum absolute atomic E-state index is 0.221. The zero-order chi connectivity index (χ0) is 19.0. The van der Waals surface area contributed by atoms with E-state index >= 15 is 0 Å². The summed E-state index contributed by atoms with van der Waals surface area (Å²) in [7, 11) is 0. The first-order chi connectivity index (χ1) is 13.0. The molecule has 1 N–H and O–H groups in total. The summed E-state index contributed by atoms with van der Waals surface area (Å²) in [5.41, 5.74) is 0.740. The summed E-state index contributed by atoms with van der Waals surface area (Å²) in [4.78, 5) is 25.8. The van der Waals surface area contributed by atoms with Crippen LogP contribution in [0.2, 0.25) is 5.02 Å². The second-order valence-corrected chi connectivity index (χ2v) is 6.45. The minimum atomic E-state index is -0.387. The number of amides is 1. The molecule has 1 amide bonds. The van der Waals surface area contributed by atoms with Crippen LogP contribution in [0, 0.1) is 6.92 Å². The Morgan fingerprint density at radius 1 is 1.11 bits per heavy atom. The van der Waals surface area contributed by atoms with Crippen molar-refractivity contribution in [2.45, 2.75) is 6.92 Å². The number of anilines is 1. The highest BCUT2D eigenvalue weighted by Gasteiger charge is 2.16. The number of nitrogens with zero attached hydrogens (tertiary/aromatic N) is 2. The number of rotatable bonds is 3. The highest BCUT2D eigenvalue weighted by Crippen LogP contribution is 2.20. The molecule has 0 fully saturated rings. The molecule has 7 heteroatoms. The van der Waals surface area contributed by atoms with E-state index in [0.29, 0.717) is 38.6 Å². The summed E-state index contributed by atoms with van der Waals surface area (Å²) in [6.07, 6.45) is 1.52. The molecule has 4 rings (SSSR count). The SMILES string of the molecule is Cc1cc(NC(=O)c2cn(-c3ccc(Cl)cc3)c(=O)c3ccccc23)no1. The fourth-order valence-electron chi connectivity index (χ4n) is 2.87. The van der Waals surface area contributed by atoms with Crippen LogP contribution in [0.5, 0.6) is 0 Å². The van der Waals surface area contributed by atoms with Crippen molar-refractivity contribution in [3.05, 3.63) is 87.5 Å². The van der Waals surface area contributed by atoms with Gasteiger partial charge in [0.1, 0.15) is 5.76 Å². The lowest BCUT2D eigenvalue weighted by atomic mass is 10.1. The Balaban J connectivity index is 1.88. The number of nitrogens with one attached hydrogen (secondary N) is 1. The molecule has 4 aromatic rings. The summed E-state index contributed by atoms with van der Waals surface area (Å²) >= 11 is 5.94. The molecular formula is C20H14ClN3O3. The number of carbonyl (C=O) groups excluding carboxylic acids is 1. The van der Waals surface area contributed by atoms with Crippen LogP contribution in [-0.4, -0.2) is 15.6 Å². The van der Waals surface area contributed by atoms with Gasteiger partial charge in [-0.2, -0.15) is 0 Å². The maximum atomic E-state index is 12.9. The monoisotopic (exact) mass is 379 g/mol. The molecule has 27 heavy (non-hydrogen) atoms. The molecule has 0 saturated heterocycles. The van der Waals surface area contributed by atoms with Crippen molar-refractivity contribution in [3.8, 4) is 5.69 Å². The molecule has 0 bridgehead atoms. The number of pyridine rings is 1. The van der Waals surface area contributed by atoms with Crippen LogP contribution in [0.1, 0.15) is 16.1 Å². The molecule has 0 aliphatic carbocycles. The molecule has 0 atom stereocenters. The molecule has 2 heterocycles. The van der Waals surface area contributed by atoms with Crippen LogP contribution in [0.15, 0.2) is 70.1 Å². The van der Waals surface area contributed by atoms with Crippen molar-refractivity contribution >= 4 is 34.1 Å². The smallest absolute Gasteiger partial charge is 0.262 e. The number of carbonyl (C=O) groups is 1. The minimum Gasteiger partial charge on any atom is -0.360 e. The Labute approximate surface area is 159 Å². The maximum Gasteiger partial charge on any atom is 0.262 e. The third kappa shape index (κ3) is 3.22. The number of hydrogen-bond acceptors (Lipinski definition) is 4. The zero-order valence-electron chi connectivity index (χ0n) is 14.3. The Bertz CT molecular complexity index is 1210. The van der Waals surface area contributed by atoms with Gasteiger partial charge in [-0.05, 0) is 37.3 Å². The predicted molar refractivity (Wildman–Crippen MR) is 104 cm³/mol. The lowest BCUT2D eigenvalue weighted by Crippen LogP contribution is -2.22. The van der Waals surface area contributed by atoms with E-state index < -0.39 is 0 Å². The first-order valence-corrected chi connectivity index (χ1v) is 8.56.